The van der Waals surface area contributed by atoms with Crippen LogP contribution in [0.2, 0.25) is 5.02 Å². The quantitative estimate of drug-likeness (QED) is 0.183. The molecular formula is C43H38ClN3O6. The number of allylic oxidation sites excluding steroid dienone is 2. The number of carbonyl (C=O) groups excluding carboxylic acids is 4. The number of morpholine rings is 1. The molecule has 3 saturated heterocycles. The number of rotatable bonds is 5. The number of phenols is 1. The Morgan fingerprint density at radius 1 is 0.755 bits per heavy atom. The van der Waals surface area contributed by atoms with Crippen LogP contribution in [-0.2, 0) is 29.3 Å². The molecule has 0 radical (unpaired) electrons. The van der Waals surface area contributed by atoms with Gasteiger partial charge in [-0.3, -0.25) is 24.1 Å². The molecule has 4 amide bonds. The zero-order chi connectivity index (χ0) is 36.6. The third kappa shape index (κ3) is 4.93. The Hall–Kier alpha value is -5.25. The average Bonchev–Trinajstić information content (AvgIpc) is 3.57. The van der Waals surface area contributed by atoms with Gasteiger partial charge < -0.3 is 14.7 Å². The van der Waals surface area contributed by atoms with Crippen LogP contribution in [0.25, 0.3) is 0 Å². The van der Waals surface area contributed by atoms with Gasteiger partial charge in [0.1, 0.15) is 5.75 Å². The van der Waals surface area contributed by atoms with Gasteiger partial charge in [0.25, 0.3) is 0 Å². The molecule has 4 aromatic carbocycles. The Morgan fingerprint density at radius 2 is 1.47 bits per heavy atom. The molecule has 4 aromatic rings. The normalized spacial score (nSPS) is 28.2. The van der Waals surface area contributed by atoms with E-state index >= 15 is 4.79 Å². The van der Waals surface area contributed by atoms with E-state index in [9.17, 15) is 19.5 Å². The molecule has 1 N–H and O–H groups in total. The van der Waals surface area contributed by atoms with Crippen molar-refractivity contribution in [2.75, 3.05) is 41.0 Å². The van der Waals surface area contributed by atoms with Crippen molar-refractivity contribution in [2.24, 2.45) is 23.7 Å². The van der Waals surface area contributed by atoms with Crippen molar-refractivity contribution in [3.8, 4) is 5.75 Å². The summed E-state index contributed by atoms with van der Waals surface area (Å²) in [6, 6.07) is 29.0. The van der Waals surface area contributed by atoms with E-state index < -0.39 is 46.8 Å². The second kappa shape index (κ2) is 12.7. The number of carbonyl (C=O) groups is 4. The smallest absolute Gasteiger partial charge is 0.246 e. The van der Waals surface area contributed by atoms with Crippen molar-refractivity contribution in [1.82, 2.24) is 0 Å². The molecule has 4 fully saturated rings. The van der Waals surface area contributed by atoms with Gasteiger partial charge in [-0.15, -0.1) is 0 Å². The summed E-state index contributed by atoms with van der Waals surface area (Å²) in [5, 5.41) is 12.2. The van der Waals surface area contributed by atoms with Gasteiger partial charge >= 0.3 is 0 Å². The molecule has 3 heterocycles. The van der Waals surface area contributed by atoms with Gasteiger partial charge in [0, 0.05) is 35.3 Å². The zero-order valence-electron chi connectivity index (χ0n) is 29.2. The van der Waals surface area contributed by atoms with Crippen LogP contribution in [0.3, 0.4) is 0 Å². The summed E-state index contributed by atoms with van der Waals surface area (Å²) >= 11 is 6.42. The van der Waals surface area contributed by atoms with Crippen LogP contribution < -0.4 is 14.7 Å². The van der Waals surface area contributed by atoms with Crippen molar-refractivity contribution < 1.29 is 29.0 Å². The van der Waals surface area contributed by atoms with E-state index in [0.29, 0.717) is 52.7 Å². The number of halogens is 1. The fourth-order valence-electron chi connectivity index (χ4n) is 9.89. The van der Waals surface area contributed by atoms with Gasteiger partial charge in [-0.05, 0) is 79.3 Å². The third-order valence-corrected chi connectivity index (χ3v) is 12.5. The summed E-state index contributed by atoms with van der Waals surface area (Å²) in [7, 11) is 0. The number of imide groups is 2. The Bertz CT molecular complexity index is 2200. The number of fused-ring (bicyclic) bond motifs is 4. The van der Waals surface area contributed by atoms with E-state index in [1.807, 2.05) is 72.8 Å². The maximum atomic E-state index is 15.4. The molecule has 0 unspecified atom stereocenters. The SMILES string of the molecule is Cc1cccc([C@H]2C3=CC[C@@H]4C(=O)N(c5ccc(N6CCOCC6)cc5)C(=O)[C@@H]4[C@@H]3C[C@H]3C(=O)N(c4cccc(Cl)c4)C(=O)[C@@]23c2ccccc2)c1O. The lowest BCUT2D eigenvalue weighted by Gasteiger charge is -2.50. The Morgan fingerprint density at radius 3 is 2.21 bits per heavy atom. The second-order valence-electron chi connectivity index (χ2n) is 14.7. The molecule has 0 spiro atoms. The number of aryl methyl sites for hydroxylation is 1. The minimum atomic E-state index is -1.46. The lowest BCUT2D eigenvalue weighted by atomic mass is 9.49. The van der Waals surface area contributed by atoms with Crippen molar-refractivity contribution in [3.05, 3.63) is 130 Å². The molecule has 9 rings (SSSR count). The standard InChI is InChI=1S/C43H38ClN3O6/c1-25-7-5-12-33(38(25)48)37-31-17-18-32-36(41(51)46(39(32)49)29-15-13-28(14-16-29)45-19-21-53-22-20-45)34(31)24-35-40(50)47(30-11-6-10-27(44)23-30)42(52)43(35,37)26-8-3-2-4-9-26/h2-17,23,32,34-37,48H,18-22,24H2,1H3/t32-,34+,35-,36-,37+,43+/m0/s1. The van der Waals surface area contributed by atoms with E-state index in [4.69, 9.17) is 16.3 Å². The lowest BCUT2D eigenvalue weighted by Crippen LogP contribution is -2.53. The largest absolute Gasteiger partial charge is 0.507 e. The molecule has 2 aliphatic carbocycles. The van der Waals surface area contributed by atoms with E-state index in [-0.39, 0.29) is 24.0 Å². The first kappa shape index (κ1) is 33.6. The van der Waals surface area contributed by atoms with Gasteiger partial charge in [-0.1, -0.05) is 77.8 Å². The molecule has 5 aliphatic rings. The van der Waals surface area contributed by atoms with Crippen LogP contribution in [0, 0.1) is 30.6 Å². The predicted octanol–water partition coefficient (Wildman–Crippen LogP) is 6.56. The first-order valence-corrected chi connectivity index (χ1v) is 18.6. The topological polar surface area (TPSA) is 107 Å². The molecule has 3 aliphatic heterocycles. The van der Waals surface area contributed by atoms with E-state index in [2.05, 4.69) is 4.90 Å². The van der Waals surface area contributed by atoms with Gasteiger partial charge in [0.05, 0.1) is 47.8 Å². The van der Waals surface area contributed by atoms with Crippen LogP contribution in [0.4, 0.5) is 17.1 Å². The highest BCUT2D eigenvalue weighted by Crippen LogP contribution is 2.65. The van der Waals surface area contributed by atoms with E-state index in [1.54, 1.807) is 37.3 Å². The number of hydrogen-bond acceptors (Lipinski definition) is 7. The average molecular weight is 728 g/mol. The Kier molecular flexibility index (Phi) is 8.05. The molecule has 1 saturated carbocycles. The number of nitrogens with zero attached hydrogens (tertiary/aromatic N) is 3. The lowest BCUT2D eigenvalue weighted by molar-refractivity contribution is -0.127. The maximum Gasteiger partial charge on any atom is 0.246 e. The van der Waals surface area contributed by atoms with Crippen molar-refractivity contribution in [2.45, 2.75) is 31.1 Å². The van der Waals surface area contributed by atoms with Crippen LogP contribution in [0.5, 0.6) is 5.75 Å². The summed E-state index contributed by atoms with van der Waals surface area (Å²) in [5.74, 6) is -4.97. The summed E-state index contributed by atoms with van der Waals surface area (Å²) < 4.78 is 5.50. The Balaban J connectivity index is 1.19. The van der Waals surface area contributed by atoms with Gasteiger partial charge in [-0.2, -0.15) is 0 Å². The summed E-state index contributed by atoms with van der Waals surface area (Å²) in [6.07, 6.45) is 2.48. The summed E-state index contributed by atoms with van der Waals surface area (Å²) in [4.78, 5) is 64.0. The highest BCUT2D eigenvalue weighted by molar-refractivity contribution is 6.32. The predicted molar refractivity (Wildman–Crippen MR) is 201 cm³/mol. The van der Waals surface area contributed by atoms with Gasteiger partial charge in [0.2, 0.25) is 23.6 Å². The molecule has 0 aromatic heterocycles. The highest BCUT2D eigenvalue weighted by atomic mass is 35.5. The number of hydrogen-bond donors (Lipinski definition) is 1. The first-order chi connectivity index (χ1) is 25.7. The number of amides is 4. The fraction of sp³-hybridized carbons (Fsp3) is 0.302. The molecular weight excluding hydrogens is 690 g/mol. The third-order valence-electron chi connectivity index (χ3n) is 12.2. The number of benzene rings is 4. The zero-order valence-corrected chi connectivity index (χ0v) is 29.9. The molecule has 0 bridgehead atoms. The van der Waals surface area contributed by atoms with Crippen molar-refractivity contribution in [1.29, 1.82) is 0 Å². The minimum Gasteiger partial charge on any atom is -0.507 e. The van der Waals surface area contributed by atoms with Crippen molar-refractivity contribution >= 4 is 52.3 Å². The van der Waals surface area contributed by atoms with Crippen LogP contribution >= 0.6 is 11.6 Å². The fourth-order valence-corrected chi connectivity index (χ4v) is 10.1. The molecule has 6 atom stereocenters. The molecule has 9 nitrogen and oxygen atoms in total. The second-order valence-corrected chi connectivity index (χ2v) is 15.2. The van der Waals surface area contributed by atoms with Gasteiger partial charge in [0.15, 0.2) is 0 Å². The van der Waals surface area contributed by atoms with E-state index in [1.165, 1.54) is 9.80 Å². The van der Waals surface area contributed by atoms with Crippen molar-refractivity contribution in [3.63, 3.8) is 0 Å². The monoisotopic (exact) mass is 727 g/mol. The number of anilines is 3. The molecule has 53 heavy (non-hydrogen) atoms. The highest BCUT2D eigenvalue weighted by Gasteiger charge is 2.70. The first-order valence-electron chi connectivity index (χ1n) is 18.2. The maximum absolute atomic E-state index is 15.4. The van der Waals surface area contributed by atoms with Crippen LogP contribution in [0.1, 0.15) is 35.4 Å². The molecule has 10 heteroatoms. The number of ether oxygens (including phenoxy) is 1. The number of phenolic OH excluding ortho intramolecular Hbond substituents is 1. The number of aromatic hydroxyl groups is 1. The van der Waals surface area contributed by atoms with E-state index in [0.717, 1.165) is 24.4 Å². The molecule has 268 valence electrons. The minimum absolute atomic E-state index is 0.0347. The number of para-hydroxylation sites is 1. The van der Waals surface area contributed by atoms with Crippen LogP contribution in [0.15, 0.2) is 109 Å². The summed E-state index contributed by atoms with van der Waals surface area (Å²) in [5.41, 5.74) is 2.99. The van der Waals surface area contributed by atoms with Crippen LogP contribution in [-0.4, -0.2) is 55.0 Å². The van der Waals surface area contributed by atoms with Gasteiger partial charge in [-0.25, -0.2) is 4.90 Å². The Labute approximate surface area is 312 Å². The summed E-state index contributed by atoms with van der Waals surface area (Å²) in [6.45, 7) is 4.62.